The average molecular weight is 239 g/mol. The van der Waals surface area contributed by atoms with Crippen LogP contribution < -0.4 is 5.73 Å². The van der Waals surface area contributed by atoms with Crippen molar-refractivity contribution in [1.82, 2.24) is 9.80 Å². The molecule has 1 saturated heterocycles. The Morgan fingerprint density at radius 3 is 2.71 bits per heavy atom. The molecule has 2 N–H and O–H groups in total. The van der Waals surface area contributed by atoms with Crippen LogP contribution in [0.2, 0.25) is 0 Å². The average Bonchev–Trinajstić information content (AvgIpc) is 3.14. The summed E-state index contributed by atoms with van der Waals surface area (Å²) in [5, 5.41) is 0. The van der Waals surface area contributed by atoms with Crippen LogP contribution >= 0.6 is 0 Å². The summed E-state index contributed by atoms with van der Waals surface area (Å²) in [7, 11) is 2.24. The molecule has 0 aromatic rings. The van der Waals surface area contributed by atoms with Crippen molar-refractivity contribution in [2.75, 3.05) is 33.2 Å². The van der Waals surface area contributed by atoms with E-state index < -0.39 is 0 Å². The third-order valence-electron chi connectivity index (χ3n) is 4.48. The largest absolute Gasteiger partial charge is 0.329 e. The zero-order valence-corrected chi connectivity index (χ0v) is 11.6. The Hall–Kier alpha value is -0.120. The Balaban J connectivity index is 2.06. The maximum absolute atomic E-state index is 6.17. The van der Waals surface area contributed by atoms with E-state index in [9.17, 15) is 0 Å². The van der Waals surface area contributed by atoms with Crippen molar-refractivity contribution in [3.05, 3.63) is 0 Å². The van der Waals surface area contributed by atoms with Gasteiger partial charge in [-0.15, -0.1) is 0 Å². The van der Waals surface area contributed by atoms with Gasteiger partial charge in [-0.3, -0.25) is 4.90 Å². The first kappa shape index (κ1) is 13.3. The number of nitrogens with two attached hydrogens (primary N) is 1. The third kappa shape index (κ3) is 3.01. The molecular weight excluding hydrogens is 210 g/mol. The first-order valence-electron chi connectivity index (χ1n) is 7.37. The van der Waals surface area contributed by atoms with Crippen LogP contribution in [-0.2, 0) is 0 Å². The van der Waals surface area contributed by atoms with E-state index in [-0.39, 0.29) is 5.54 Å². The van der Waals surface area contributed by atoms with Gasteiger partial charge in [0.25, 0.3) is 0 Å². The maximum atomic E-state index is 6.17. The topological polar surface area (TPSA) is 32.5 Å². The Labute approximate surface area is 106 Å². The summed E-state index contributed by atoms with van der Waals surface area (Å²) in [6.45, 7) is 6.79. The zero-order chi connectivity index (χ0) is 12.3. The monoisotopic (exact) mass is 239 g/mol. The fourth-order valence-corrected chi connectivity index (χ4v) is 3.38. The van der Waals surface area contributed by atoms with Gasteiger partial charge in [-0.1, -0.05) is 13.3 Å². The van der Waals surface area contributed by atoms with Gasteiger partial charge in [0.15, 0.2) is 0 Å². The van der Waals surface area contributed by atoms with Gasteiger partial charge in [-0.05, 0) is 52.2 Å². The Bertz CT molecular complexity index is 240. The van der Waals surface area contributed by atoms with Crippen molar-refractivity contribution in [2.24, 2.45) is 5.73 Å². The van der Waals surface area contributed by atoms with Gasteiger partial charge in [-0.2, -0.15) is 0 Å². The van der Waals surface area contributed by atoms with Crippen LogP contribution in [0.25, 0.3) is 0 Å². The van der Waals surface area contributed by atoms with Crippen LogP contribution in [0.4, 0.5) is 0 Å². The van der Waals surface area contributed by atoms with E-state index in [1.54, 1.807) is 0 Å². The molecule has 1 heterocycles. The Morgan fingerprint density at radius 1 is 1.41 bits per heavy atom. The lowest BCUT2D eigenvalue weighted by molar-refractivity contribution is 0.0184. The molecule has 0 aromatic carbocycles. The second-order valence-corrected chi connectivity index (χ2v) is 6.05. The molecule has 1 aliphatic heterocycles. The van der Waals surface area contributed by atoms with Gasteiger partial charge in [-0.25, -0.2) is 0 Å². The van der Waals surface area contributed by atoms with Gasteiger partial charge in [0.1, 0.15) is 0 Å². The minimum Gasteiger partial charge on any atom is -0.329 e. The standard InChI is InChI=1S/C14H29N3/c1-3-4-10-17(13-6-7-13)14(11-15)8-5-9-16(2)12-14/h13H,3-12,15H2,1-2H3. The molecule has 0 amide bonds. The molecule has 1 atom stereocenters. The molecule has 100 valence electrons. The van der Waals surface area contributed by atoms with Gasteiger partial charge in [0.2, 0.25) is 0 Å². The number of hydrogen-bond acceptors (Lipinski definition) is 3. The summed E-state index contributed by atoms with van der Waals surface area (Å²) in [4.78, 5) is 5.24. The van der Waals surface area contributed by atoms with Crippen LogP contribution in [0.3, 0.4) is 0 Å². The summed E-state index contributed by atoms with van der Waals surface area (Å²) in [5.41, 5.74) is 6.45. The first-order valence-corrected chi connectivity index (χ1v) is 7.37. The Kier molecular flexibility index (Phi) is 4.45. The predicted octanol–water partition coefficient (Wildman–Crippen LogP) is 1.67. The highest BCUT2D eigenvalue weighted by atomic mass is 15.3. The summed E-state index contributed by atoms with van der Waals surface area (Å²) >= 11 is 0. The lowest BCUT2D eigenvalue weighted by atomic mass is 9.86. The van der Waals surface area contributed by atoms with E-state index in [1.165, 1.54) is 58.2 Å². The number of piperidine rings is 1. The molecule has 17 heavy (non-hydrogen) atoms. The molecule has 0 aromatic heterocycles. The molecule has 3 heteroatoms. The zero-order valence-electron chi connectivity index (χ0n) is 11.6. The van der Waals surface area contributed by atoms with Gasteiger partial charge < -0.3 is 10.6 Å². The summed E-state index contributed by atoms with van der Waals surface area (Å²) in [6, 6.07) is 0.844. The molecule has 1 unspecified atom stereocenters. The number of likely N-dealkylation sites (tertiary alicyclic amines) is 1. The molecule has 1 saturated carbocycles. The molecule has 2 rings (SSSR count). The maximum Gasteiger partial charge on any atom is 0.0461 e. The second-order valence-electron chi connectivity index (χ2n) is 6.05. The normalized spacial score (nSPS) is 31.1. The van der Waals surface area contributed by atoms with E-state index >= 15 is 0 Å². The fraction of sp³-hybridized carbons (Fsp3) is 1.00. The smallest absolute Gasteiger partial charge is 0.0461 e. The van der Waals surface area contributed by atoms with Crippen molar-refractivity contribution in [2.45, 2.75) is 57.0 Å². The van der Waals surface area contributed by atoms with Crippen molar-refractivity contribution >= 4 is 0 Å². The van der Waals surface area contributed by atoms with Crippen molar-refractivity contribution in [1.29, 1.82) is 0 Å². The molecule has 0 bridgehead atoms. The number of likely N-dealkylation sites (N-methyl/N-ethyl adjacent to an activating group) is 1. The quantitative estimate of drug-likeness (QED) is 0.765. The number of nitrogens with zero attached hydrogens (tertiary/aromatic N) is 2. The summed E-state index contributed by atoms with van der Waals surface area (Å²) in [5.74, 6) is 0. The van der Waals surface area contributed by atoms with E-state index in [2.05, 4.69) is 23.8 Å². The van der Waals surface area contributed by atoms with Gasteiger partial charge in [0.05, 0.1) is 0 Å². The van der Waals surface area contributed by atoms with Crippen LogP contribution in [0.15, 0.2) is 0 Å². The molecule has 1 aliphatic carbocycles. The summed E-state index contributed by atoms with van der Waals surface area (Å²) < 4.78 is 0. The van der Waals surface area contributed by atoms with Crippen LogP contribution in [0.1, 0.15) is 45.4 Å². The highest BCUT2D eigenvalue weighted by Gasteiger charge is 2.44. The SMILES string of the molecule is CCCCN(C1CC1)C1(CN)CCCN(C)C1. The minimum absolute atomic E-state index is 0.281. The van der Waals surface area contributed by atoms with Crippen LogP contribution in [-0.4, -0.2) is 54.6 Å². The fourth-order valence-electron chi connectivity index (χ4n) is 3.38. The van der Waals surface area contributed by atoms with Crippen molar-refractivity contribution in [3.63, 3.8) is 0 Å². The lowest BCUT2D eigenvalue weighted by Gasteiger charge is -2.49. The van der Waals surface area contributed by atoms with E-state index in [0.29, 0.717) is 0 Å². The Morgan fingerprint density at radius 2 is 2.18 bits per heavy atom. The van der Waals surface area contributed by atoms with E-state index in [0.717, 1.165) is 12.6 Å². The van der Waals surface area contributed by atoms with Crippen molar-refractivity contribution in [3.8, 4) is 0 Å². The van der Waals surface area contributed by atoms with Gasteiger partial charge in [0, 0.05) is 24.7 Å². The molecule has 3 nitrogen and oxygen atoms in total. The third-order valence-corrected chi connectivity index (χ3v) is 4.48. The first-order chi connectivity index (χ1) is 8.22. The van der Waals surface area contributed by atoms with E-state index in [4.69, 9.17) is 5.73 Å². The number of rotatable bonds is 6. The molecular formula is C14H29N3. The molecule has 0 spiro atoms. The second kappa shape index (κ2) is 5.68. The minimum atomic E-state index is 0.281. The number of hydrogen-bond donors (Lipinski definition) is 1. The molecule has 2 aliphatic rings. The lowest BCUT2D eigenvalue weighted by Crippen LogP contribution is -2.62. The summed E-state index contributed by atoms with van der Waals surface area (Å²) in [6.07, 6.45) is 8.02. The van der Waals surface area contributed by atoms with Crippen LogP contribution in [0, 0.1) is 0 Å². The van der Waals surface area contributed by atoms with Gasteiger partial charge >= 0.3 is 0 Å². The van der Waals surface area contributed by atoms with Crippen molar-refractivity contribution < 1.29 is 0 Å². The highest BCUT2D eigenvalue weighted by Crippen LogP contribution is 2.37. The highest BCUT2D eigenvalue weighted by molar-refractivity contribution is 5.02. The van der Waals surface area contributed by atoms with Crippen LogP contribution in [0.5, 0.6) is 0 Å². The van der Waals surface area contributed by atoms with E-state index in [1.807, 2.05) is 0 Å². The molecule has 0 radical (unpaired) electrons. The predicted molar refractivity (Wildman–Crippen MR) is 73.2 cm³/mol. The number of unbranched alkanes of at least 4 members (excludes halogenated alkanes) is 1. The molecule has 2 fully saturated rings.